The summed E-state index contributed by atoms with van der Waals surface area (Å²) in [6.45, 7) is 1.62. The van der Waals surface area contributed by atoms with Crippen molar-refractivity contribution in [3.8, 4) is 5.75 Å². The van der Waals surface area contributed by atoms with Crippen molar-refractivity contribution < 1.29 is 9.53 Å². The minimum Gasteiger partial charge on any atom is -0.495 e. The third-order valence-corrected chi connectivity index (χ3v) is 3.52. The molecule has 3 rings (SSSR count). The van der Waals surface area contributed by atoms with Crippen LogP contribution in [0, 0.1) is 6.92 Å². The van der Waals surface area contributed by atoms with Crippen LogP contribution in [0.15, 0.2) is 39.9 Å². The molecule has 0 fully saturated rings. The minimum atomic E-state index is -0.648. The highest BCUT2D eigenvalue weighted by Gasteiger charge is 2.15. The van der Waals surface area contributed by atoms with E-state index < -0.39 is 17.2 Å². The number of benzene rings is 1. The third-order valence-electron chi connectivity index (χ3n) is 3.52. The Bertz CT molecular complexity index is 1050. The highest BCUT2D eigenvalue weighted by Crippen LogP contribution is 2.24. The van der Waals surface area contributed by atoms with Gasteiger partial charge in [0.05, 0.1) is 29.4 Å². The first-order chi connectivity index (χ1) is 11.5. The molecule has 0 bridgehead atoms. The molecular formula is C16H14N4O4. The Labute approximate surface area is 135 Å². The molecule has 0 radical (unpaired) electrons. The Morgan fingerprint density at radius 2 is 1.96 bits per heavy atom. The van der Waals surface area contributed by atoms with Crippen LogP contribution in [-0.4, -0.2) is 28.0 Å². The van der Waals surface area contributed by atoms with Crippen LogP contribution in [-0.2, 0) is 0 Å². The third kappa shape index (κ3) is 2.76. The highest BCUT2D eigenvalue weighted by molar-refractivity contribution is 6.07. The lowest BCUT2D eigenvalue weighted by atomic mass is 10.1. The van der Waals surface area contributed by atoms with E-state index in [0.717, 1.165) is 0 Å². The summed E-state index contributed by atoms with van der Waals surface area (Å²) in [5.74, 6) is 0.0800. The minimum absolute atomic E-state index is 0.130. The zero-order valence-electron chi connectivity index (χ0n) is 13.0. The summed E-state index contributed by atoms with van der Waals surface area (Å²) in [6, 6.07) is 8.37. The maximum atomic E-state index is 12.5. The summed E-state index contributed by atoms with van der Waals surface area (Å²) in [5.41, 5.74) is -0.00437. The lowest BCUT2D eigenvalue weighted by Crippen LogP contribution is -2.24. The van der Waals surface area contributed by atoms with Gasteiger partial charge in [-0.1, -0.05) is 12.1 Å². The number of pyridine rings is 1. The number of H-pyrrole nitrogens is 2. The van der Waals surface area contributed by atoms with Gasteiger partial charge in [-0.25, -0.2) is 9.78 Å². The molecule has 8 nitrogen and oxygen atoms in total. The van der Waals surface area contributed by atoms with Gasteiger partial charge in [-0.05, 0) is 25.1 Å². The van der Waals surface area contributed by atoms with E-state index in [1.165, 1.54) is 13.2 Å². The standard InChI is InChI=1S/C16H14N4O4/c1-8-9(7-10-13(17-8)19-16(23)20-15(10)22)14(21)18-11-5-3-4-6-12(11)24-2/h3-7H,1-2H3,(H,18,21)(H2,17,19,20,22,23). The maximum Gasteiger partial charge on any atom is 0.327 e. The molecule has 0 saturated carbocycles. The number of fused-ring (bicyclic) bond motifs is 1. The number of para-hydroxylation sites is 2. The van der Waals surface area contributed by atoms with E-state index in [4.69, 9.17) is 4.74 Å². The van der Waals surface area contributed by atoms with Crippen LogP contribution < -0.4 is 21.3 Å². The van der Waals surface area contributed by atoms with Crippen molar-refractivity contribution in [1.29, 1.82) is 0 Å². The van der Waals surface area contributed by atoms with Gasteiger partial charge >= 0.3 is 5.69 Å². The summed E-state index contributed by atoms with van der Waals surface area (Å²) < 4.78 is 5.19. The number of aromatic nitrogens is 3. The fourth-order valence-electron chi connectivity index (χ4n) is 2.35. The predicted molar refractivity (Wildman–Crippen MR) is 88.7 cm³/mol. The average molecular weight is 326 g/mol. The lowest BCUT2D eigenvalue weighted by molar-refractivity contribution is 0.102. The van der Waals surface area contributed by atoms with Gasteiger partial charge in [-0.3, -0.25) is 19.6 Å². The second kappa shape index (κ2) is 5.99. The number of methoxy groups -OCH3 is 1. The fraction of sp³-hybridized carbons (Fsp3) is 0.125. The van der Waals surface area contributed by atoms with Gasteiger partial charge in [0.15, 0.2) is 0 Å². The second-order valence-corrected chi connectivity index (χ2v) is 5.08. The molecule has 0 aliphatic heterocycles. The molecule has 0 unspecified atom stereocenters. The molecule has 1 amide bonds. The van der Waals surface area contributed by atoms with Crippen LogP contribution in [0.4, 0.5) is 5.69 Å². The molecule has 24 heavy (non-hydrogen) atoms. The summed E-state index contributed by atoms with van der Waals surface area (Å²) in [7, 11) is 1.50. The van der Waals surface area contributed by atoms with Gasteiger partial charge in [0.25, 0.3) is 11.5 Å². The van der Waals surface area contributed by atoms with E-state index in [9.17, 15) is 14.4 Å². The zero-order valence-corrected chi connectivity index (χ0v) is 13.0. The van der Waals surface area contributed by atoms with Crippen molar-refractivity contribution in [2.45, 2.75) is 6.92 Å². The van der Waals surface area contributed by atoms with E-state index in [0.29, 0.717) is 17.1 Å². The topological polar surface area (TPSA) is 117 Å². The summed E-state index contributed by atoms with van der Waals surface area (Å²) in [5, 5.41) is 2.86. The van der Waals surface area contributed by atoms with Crippen LogP contribution in [0.5, 0.6) is 5.75 Å². The van der Waals surface area contributed by atoms with Crippen molar-refractivity contribution in [2.24, 2.45) is 0 Å². The summed E-state index contributed by atoms with van der Waals surface area (Å²) in [4.78, 5) is 44.4. The van der Waals surface area contributed by atoms with Crippen LogP contribution in [0.1, 0.15) is 16.1 Å². The highest BCUT2D eigenvalue weighted by atomic mass is 16.5. The average Bonchev–Trinajstić information content (AvgIpc) is 2.54. The molecule has 0 spiro atoms. The number of hydrogen-bond acceptors (Lipinski definition) is 5. The Morgan fingerprint density at radius 3 is 2.71 bits per heavy atom. The van der Waals surface area contributed by atoms with Gasteiger partial charge < -0.3 is 10.1 Å². The molecule has 3 aromatic rings. The molecule has 0 atom stereocenters. The van der Waals surface area contributed by atoms with Gasteiger partial charge in [0.2, 0.25) is 0 Å². The molecule has 0 aliphatic carbocycles. The number of nitrogens with zero attached hydrogens (tertiary/aromatic N) is 1. The van der Waals surface area contributed by atoms with E-state index in [1.54, 1.807) is 31.2 Å². The van der Waals surface area contributed by atoms with Gasteiger partial charge in [-0.15, -0.1) is 0 Å². The Kier molecular flexibility index (Phi) is 3.87. The van der Waals surface area contributed by atoms with Gasteiger partial charge in [-0.2, -0.15) is 0 Å². The van der Waals surface area contributed by atoms with Crippen molar-refractivity contribution in [1.82, 2.24) is 15.0 Å². The first-order valence-electron chi connectivity index (χ1n) is 7.08. The van der Waals surface area contributed by atoms with Crippen LogP contribution in [0.3, 0.4) is 0 Å². The smallest absolute Gasteiger partial charge is 0.327 e. The van der Waals surface area contributed by atoms with Crippen molar-refractivity contribution in [3.63, 3.8) is 0 Å². The number of hydrogen-bond donors (Lipinski definition) is 3. The Balaban J connectivity index is 2.05. The lowest BCUT2D eigenvalue weighted by Gasteiger charge is -2.11. The van der Waals surface area contributed by atoms with Crippen LogP contribution in [0.25, 0.3) is 11.0 Å². The normalized spacial score (nSPS) is 10.6. The number of anilines is 1. The number of ether oxygens (including phenoxy) is 1. The first-order valence-corrected chi connectivity index (χ1v) is 7.08. The number of nitrogens with one attached hydrogen (secondary N) is 3. The number of carbonyl (C=O) groups excluding carboxylic acids is 1. The Hall–Kier alpha value is -3.42. The second-order valence-electron chi connectivity index (χ2n) is 5.08. The number of aromatic amines is 2. The SMILES string of the molecule is COc1ccccc1NC(=O)c1cc2c(=O)[nH]c(=O)[nH]c2nc1C. The number of rotatable bonds is 3. The molecule has 2 heterocycles. The number of carbonyl (C=O) groups is 1. The molecule has 0 saturated heterocycles. The van der Waals surface area contributed by atoms with E-state index in [1.807, 2.05) is 0 Å². The molecule has 1 aromatic carbocycles. The quantitative estimate of drug-likeness (QED) is 0.668. The van der Waals surface area contributed by atoms with E-state index in [-0.39, 0.29) is 16.6 Å². The summed E-state index contributed by atoms with van der Waals surface area (Å²) in [6.07, 6.45) is 0. The van der Waals surface area contributed by atoms with Crippen molar-refractivity contribution in [2.75, 3.05) is 12.4 Å². The molecule has 8 heteroatoms. The molecule has 2 aromatic heterocycles. The molecule has 122 valence electrons. The van der Waals surface area contributed by atoms with Crippen LogP contribution in [0.2, 0.25) is 0 Å². The van der Waals surface area contributed by atoms with Crippen molar-refractivity contribution in [3.05, 3.63) is 62.4 Å². The Morgan fingerprint density at radius 1 is 1.21 bits per heavy atom. The fourth-order valence-corrected chi connectivity index (χ4v) is 2.35. The zero-order chi connectivity index (χ0) is 17.3. The van der Waals surface area contributed by atoms with Gasteiger partial charge in [0, 0.05) is 0 Å². The maximum absolute atomic E-state index is 12.5. The predicted octanol–water partition coefficient (Wildman–Crippen LogP) is 1.18. The number of aryl methyl sites for hydroxylation is 1. The molecule has 0 aliphatic rings. The van der Waals surface area contributed by atoms with E-state index in [2.05, 4.69) is 20.3 Å². The summed E-state index contributed by atoms with van der Waals surface area (Å²) >= 11 is 0. The molecular weight excluding hydrogens is 312 g/mol. The van der Waals surface area contributed by atoms with Crippen molar-refractivity contribution >= 4 is 22.6 Å². The molecule has 3 N–H and O–H groups in total. The van der Waals surface area contributed by atoms with E-state index >= 15 is 0 Å². The number of amides is 1. The largest absolute Gasteiger partial charge is 0.495 e. The van der Waals surface area contributed by atoms with Crippen LogP contribution >= 0.6 is 0 Å². The first kappa shape index (κ1) is 15.5. The monoisotopic (exact) mass is 326 g/mol. The van der Waals surface area contributed by atoms with Gasteiger partial charge in [0.1, 0.15) is 11.4 Å².